The fourth-order valence-electron chi connectivity index (χ4n) is 2.57. The Morgan fingerprint density at radius 1 is 1.03 bits per heavy atom. The van der Waals surface area contributed by atoms with Crippen molar-refractivity contribution >= 4 is 29.4 Å². The van der Waals surface area contributed by atoms with E-state index in [0.29, 0.717) is 11.4 Å². The summed E-state index contributed by atoms with van der Waals surface area (Å²) in [6.07, 6.45) is -4.53. The van der Waals surface area contributed by atoms with E-state index in [0.717, 1.165) is 29.2 Å². The number of alkyl halides is 3. The van der Waals surface area contributed by atoms with Crippen molar-refractivity contribution in [2.24, 2.45) is 0 Å². The number of rotatable bonds is 9. The molecule has 0 aliphatic carbocycles. The van der Waals surface area contributed by atoms with Crippen molar-refractivity contribution in [2.75, 3.05) is 39.2 Å². The second-order valence-corrected chi connectivity index (χ2v) is 6.95. The van der Waals surface area contributed by atoms with Crippen LogP contribution in [0.15, 0.2) is 48.5 Å². The number of halogens is 3. The first-order valence-electron chi connectivity index (χ1n) is 9.78. The minimum absolute atomic E-state index is 0.0846. The maximum atomic E-state index is 12.6. The highest BCUT2D eigenvalue weighted by atomic mass is 19.4. The van der Waals surface area contributed by atoms with Gasteiger partial charge in [-0.05, 0) is 36.4 Å². The molecule has 0 aliphatic heterocycles. The van der Waals surface area contributed by atoms with Gasteiger partial charge in [0.1, 0.15) is 12.3 Å². The van der Waals surface area contributed by atoms with Gasteiger partial charge < -0.3 is 25.0 Å². The van der Waals surface area contributed by atoms with Crippen LogP contribution in [0.25, 0.3) is 0 Å². The predicted molar refractivity (Wildman–Crippen MR) is 114 cm³/mol. The summed E-state index contributed by atoms with van der Waals surface area (Å²) in [6.45, 7) is -1.58. The minimum atomic E-state index is -4.53. The Morgan fingerprint density at radius 3 is 2.32 bits per heavy atom. The number of nitrogens with zero attached hydrogens (tertiary/aromatic N) is 1. The molecular weight excluding hydrogens is 459 g/mol. The van der Waals surface area contributed by atoms with E-state index in [-0.39, 0.29) is 12.1 Å². The summed E-state index contributed by atoms with van der Waals surface area (Å²) < 4.78 is 47.5. The number of ether oxygens (including phenoxy) is 2. The van der Waals surface area contributed by atoms with Crippen molar-refractivity contribution in [1.82, 2.24) is 10.2 Å². The highest BCUT2D eigenvalue weighted by Gasteiger charge is 2.30. The van der Waals surface area contributed by atoms with Gasteiger partial charge in [-0.2, -0.15) is 13.2 Å². The van der Waals surface area contributed by atoms with Gasteiger partial charge in [0.25, 0.3) is 11.8 Å². The van der Waals surface area contributed by atoms with Gasteiger partial charge in [-0.25, -0.2) is 0 Å². The van der Waals surface area contributed by atoms with E-state index < -0.39 is 48.6 Å². The third-order valence-electron chi connectivity index (χ3n) is 4.38. The van der Waals surface area contributed by atoms with Crippen LogP contribution in [0.2, 0.25) is 0 Å². The number of carbonyl (C=O) groups excluding carboxylic acids is 4. The molecule has 2 aromatic rings. The van der Waals surface area contributed by atoms with Crippen LogP contribution in [-0.2, 0) is 25.3 Å². The summed E-state index contributed by atoms with van der Waals surface area (Å²) in [4.78, 5) is 48.9. The molecule has 0 saturated heterocycles. The lowest BCUT2D eigenvalue weighted by Gasteiger charge is -2.17. The average molecular weight is 481 g/mol. The third-order valence-corrected chi connectivity index (χ3v) is 4.38. The fourth-order valence-corrected chi connectivity index (χ4v) is 2.57. The summed E-state index contributed by atoms with van der Waals surface area (Å²) >= 11 is 0. The number of anilines is 1. The molecule has 0 radical (unpaired) electrons. The Hall–Kier alpha value is -4.09. The molecule has 0 aromatic heterocycles. The van der Waals surface area contributed by atoms with Crippen LogP contribution < -0.4 is 15.4 Å². The van der Waals surface area contributed by atoms with Crippen molar-refractivity contribution in [3.8, 4) is 5.75 Å². The molecule has 9 nitrogen and oxygen atoms in total. The lowest BCUT2D eigenvalue weighted by atomic mass is 10.1. The second kappa shape index (κ2) is 11.7. The Kier molecular flexibility index (Phi) is 8.99. The monoisotopic (exact) mass is 481 g/mol. The topological polar surface area (TPSA) is 114 Å². The average Bonchev–Trinajstić information content (AvgIpc) is 2.80. The lowest BCUT2D eigenvalue weighted by Crippen LogP contribution is -2.38. The maximum Gasteiger partial charge on any atom is 0.416 e. The molecule has 2 N–H and O–H groups in total. The maximum absolute atomic E-state index is 12.6. The Balaban J connectivity index is 1.73. The van der Waals surface area contributed by atoms with Gasteiger partial charge >= 0.3 is 12.1 Å². The second-order valence-electron chi connectivity index (χ2n) is 6.95. The standard InChI is InChI=1S/C22H22F3N3O6/c1-28(12-18(29)27-16-4-3-5-17(10-16)33-2)19(30)13-34-20(31)11-26-21(32)14-6-8-15(9-7-14)22(23,24)25/h3-10H,11-13H2,1-2H3,(H,26,32)(H,27,29). The first-order chi connectivity index (χ1) is 16.0. The fraction of sp³-hybridized carbons (Fsp3) is 0.273. The molecule has 0 unspecified atom stereocenters. The number of hydrogen-bond donors (Lipinski definition) is 2. The smallest absolute Gasteiger partial charge is 0.416 e. The van der Waals surface area contributed by atoms with E-state index >= 15 is 0 Å². The van der Waals surface area contributed by atoms with E-state index in [1.165, 1.54) is 14.2 Å². The van der Waals surface area contributed by atoms with Crippen LogP contribution in [0.1, 0.15) is 15.9 Å². The third kappa shape index (κ3) is 8.11. The first kappa shape index (κ1) is 26.2. The predicted octanol–water partition coefficient (Wildman–Crippen LogP) is 2.08. The number of likely N-dealkylation sites (N-methyl/N-ethyl adjacent to an activating group) is 1. The van der Waals surface area contributed by atoms with Gasteiger partial charge in [-0.15, -0.1) is 0 Å². The van der Waals surface area contributed by atoms with E-state index in [1.807, 2.05) is 0 Å². The Labute approximate surface area is 192 Å². The Morgan fingerprint density at radius 2 is 1.71 bits per heavy atom. The van der Waals surface area contributed by atoms with Crippen molar-refractivity contribution < 1.29 is 41.8 Å². The molecule has 0 atom stereocenters. The number of nitrogens with one attached hydrogen (secondary N) is 2. The molecule has 182 valence electrons. The van der Waals surface area contributed by atoms with Gasteiger partial charge in [0, 0.05) is 24.4 Å². The zero-order chi connectivity index (χ0) is 25.3. The van der Waals surface area contributed by atoms with Crippen LogP contribution >= 0.6 is 0 Å². The number of hydrogen-bond acceptors (Lipinski definition) is 6. The lowest BCUT2D eigenvalue weighted by molar-refractivity contribution is -0.150. The summed E-state index contributed by atoms with van der Waals surface area (Å²) in [5.41, 5.74) is -0.526. The van der Waals surface area contributed by atoms with Gasteiger partial charge in [0.15, 0.2) is 6.61 Å². The highest BCUT2D eigenvalue weighted by Crippen LogP contribution is 2.29. The van der Waals surface area contributed by atoms with Crippen LogP contribution in [0.4, 0.5) is 18.9 Å². The molecule has 0 saturated carbocycles. The number of methoxy groups -OCH3 is 1. The van der Waals surface area contributed by atoms with E-state index in [1.54, 1.807) is 24.3 Å². The minimum Gasteiger partial charge on any atom is -0.497 e. The van der Waals surface area contributed by atoms with E-state index in [4.69, 9.17) is 9.47 Å². The van der Waals surface area contributed by atoms with Crippen LogP contribution in [-0.4, -0.2) is 62.4 Å². The zero-order valence-electron chi connectivity index (χ0n) is 18.3. The van der Waals surface area contributed by atoms with Crippen LogP contribution in [0, 0.1) is 0 Å². The molecule has 12 heteroatoms. The summed E-state index contributed by atoms with van der Waals surface area (Å²) in [5.74, 6) is -2.34. The zero-order valence-corrected chi connectivity index (χ0v) is 18.3. The van der Waals surface area contributed by atoms with Crippen molar-refractivity contribution in [3.63, 3.8) is 0 Å². The quantitative estimate of drug-likeness (QED) is 0.531. The number of carbonyl (C=O) groups is 4. The van der Waals surface area contributed by atoms with Crippen LogP contribution in [0.5, 0.6) is 5.75 Å². The number of benzene rings is 2. The van der Waals surface area contributed by atoms with Gasteiger partial charge in [0.2, 0.25) is 5.91 Å². The molecule has 0 heterocycles. The number of amides is 3. The summed E-state index contributed by atoms with van der Waals surface area (Å²) in [5, 5.41) is 4.78. The molecule has 2 aromatic carbocycles. The molecule has 2 rings (SSSR count). The van der Waals surface area contributed by atoms with E-state index in [9.17, 15) is 32.3 Å². The first-order valence-corrected chi connectivity index (χ1v) is 9.78. The van der Waals surface area contributed by atoms with E-state index in [2.05, 4.69) is 10.6 Å². The normalized spacial score (nSPS) is 10.7. The van der Waals surface area contributed by atoms with Crippen LogP contribution in [0.3, 0.4) is 0 Å². The molecule has 0 fully saturated rings. The number of esters is 1. The van der Waals surface area contributed by atoms with Crippen molar-refractivity contribution in [2.45, 2.75) is 6.18 Å². The van der Waals surface area contributed by atoms with Crippen molar-refractivity contribution in [3.05, 3.63) is 59.7 Å². The molecule has 0 bridgehead atoms. The summed E-state index contributed by atoms with van der Waals surface area (Å²) in [7, 11) is 2.82. The Bertz CT molecular complexity index is 1040. The molecule has 0 spiro atoms. The SMILES string of the molecule is COc1cccc(NC(=O)CN(C)C(=O)COC(=O)CNC(=O)c2ccc(C(F)(F)F)cc2)c1. The largest absolute Gasteiger partial charge is 0.497 e. The highest BCUT2D eigenvalue weighted by molar-refractivity contribution is 5.96. The molecule has 34 heavy (non-hydrogen) atoms. The summed E-state index contributed by atoms with van der Waals surface area (Å²) in [6, 6.07) is 10.0. The van der Waals surface area contributed by atoms with Gasteiger partial charge in [-0.1, -0.05) is 6.07 Å². The molecule has 0 aliphatic rings. The van der Waals surface area contributed by atoms with Gasteiger partial charge in [0.05, 0.1) is 19.2 Å². The van der Waals surface area contributed by atoms with Gasteiger partial charge in [-0.3, -0.25) is 19.2 Å². The molecular formula is C22H22F3N3O6. The van der Waals surface area contributed by atoms with Crippen molar-refractivity contribution in [1.29, 1.82) is 0 Å². The molecule has 3 amide bonds.